The molecule has 216 valence electrons. The van der Waals surface area contributed by atoms with Crippen LogP contribution in [0.4, 0.5) is 4.39 Å². The van der Waals surface area contributed by atoms with Crippen LogP contribution in [0.25, 0.3) is 0 Å². The van der Waals surface area contributed by atoms with Crippen LogP contribution in [-0.2, 0) is 16.1 Å². The summed E-state index contributed by atoms with van der Waals surface area (Å²) in [6.07, 6.45) is -0.126. The number of halogens is 2. The summed E-state index contributed by atoms with van der Waals surface area (Å²) in [6, 6.07) is 8.23. The zero-order chi connectivity index (χ0) is 29.4. The van der Waals surface area contributed by atoms with Gasteiger partial charge in [0.15, 0.2) is 11.5 Å². The molecule has 2 aromatic carbocycles. The van der Waals surface area contributed by atoms with Gasteiger partial charge in [0.1, 0.15) is 24.3 Å². The lowest BCUT2D eigenvalue weighted by Gasteiger charge is -2.41. The number of nitrogens with one attached hydrogen (secondary N) is 1. The number of hydrogen-bond acceptors (Lipinski definition) is 7. The molecule has 0 saturated heterocycles. The maximum absolute atomic E-state index is 14.7. The number of amides is 2. The number of benzene rings is 2. The fourth-order valence-electron chi connectivity index (χ4n) is 4.50. The quantitative estimate of drug-likeness (QED) is 0.234. The summed E-state index contributed by atoms with van der Waals surface area (Å²) in [5, 5.41) is 23.4. The summed E-state index contributed by atoms with van der Waals surface area (Å²) in [5.74, 6) is -0.788. The van der Waals surface area contributed by atoms with Gasteiger partial charge >= 0.3 is 0 Å². The predicted molar refractivity (Wildman–Crippen MR) is 155 cm³/mol. The van der Waals surface area contributed by atoms with Gasteiger partial charge in [-0.2, -0.15) is 0 Å². The van der Waals surface area contributed by atoms with Gasteiger partial charge in [0.05, 0.1) is 23.3 Å². The van der Waals surface area contributed by atoms with E-state index in [1.54, 1.807) is 24.3 Å². The summed E-state index contributed by atoms with van der Waals surface area (Å²) in [4.78, 5) is 39.3. The van der Waals surface area contributed by atoms with Gasteiger partial charge in [-0.15, -0.1) is 0 Å². The lowest BCUT2D eigenvalue weighted by molar-refractivity contribution is -0.140. The van der Waals surface area contributed by atoms with Crippen LogP contribution >= 0.6 is 22.6 Å². The molecule has 2 amide bonds. The average Bonchev–Trinajstić information content (AvgIpc) is 2.92. The predicted octanol–water partition coefficient (Wildman–Crippen LogP) is 3.24. The van der Waals surface area contributed by atoms with Crippen LogP contribution < -0.4 is 14.8 Å². The van der Waals surface area contributed by atoms with E-state index in [0.29, 0.717) is 15.4 Å². The molecule has 0 unspecified atom stereocenters. The Morgan fingerprint density at radius 2 is 2.00 bits per heavy atom. The Morgan fingerprint density at radius 1 is 1.27 bits per heavy atom. The fraction of sp³-hybridized carbons (Fsp3) is 0.414. The topological polar surface area (TPSA) is 125 Å². The molecule has 0 saturated carbocycles. The zero-order valence-corrected chi connectivity index (χ0v) is 24.8. The SMILES string of the molecule is COc1cc(C=O)cc(I)c1O[C@H]1C=C(C(=O)NCCO)C[C@@H](N(Cc2ccccc2F)C(=O)CC(C)C)[C@@H]1O. The van der Waals surface area contributed by atoms with Crippen LogP contribution in [0.2, 0.25) is 0 Å². The highest BCUT2D eigenvalue weighted by Gasteiger charge is 2.41. The van der Waals surface area contributed by atoms with Crippen molar-refractivity contribution in [1.82, 2.24) is 10.2 Å². The van der Waals surface area contributed by atoms with Gasteiger partial charge in [0.2, 0.25) is 11.8 Å². The molecule has 9 nitrogen and oxygen atoms in total. The van der Waals surface area contributed by atoms with E-state index in [4.69, 9.17) is 9.47 Å². The zero-order valence-electron chi connectivity index (χ0n) is 22.6. The number of nitrogens with zero attached hydrogens (tertiary/aromatic N) is 1. The van der Waals surface area contributed by atoms with Crippen molar-refractivity contribution >= 4 is 40.7 Å². The van der Waals surface area contributed by atoms with Gasteiger partial charge in [0.25, 0.3) is 0 Å². The first-order valence-electron chi connectivity index (χ1n) is 12.9. The summed E-state index contributed by atoms with van der Waals surface area (Å²) in [7, 11) is 1.41. The highest BCUT2D eigenvalue weighted by Crippen LogP contribution is 2.37. The van der Waals surface area contributed by atoms with E-state index in [1.807, 2.05) is 36.4 Å². The number of ether oxygens (including phenoxy) is 2. The summed E-state index contributed by atoms with van der Waals surface area (Å²) >= 11 is 1.98. The Morgan fingerprint density at radius 3 is 2.62 bits per heavy atom. The molecule has 11 heteroatoms. The minimum absolute atomic E-state index is 0.00607. The monoisotopic (exact) mass is 668 g/mol. The van der Waals surface area contributed by atoms with Gasteiger partial charge < -0.3 is 29.9 Å². The second-order valence-corrected chi connectivity index (χ2v) is 11.0. The van der Waals surface area contributed by atoms with E-state index in [-0.39, 0.29) is 67.0 Å². The van der Waals surface area contributed by atoms with Crippen molar-refractivity contribution < 1.29 is 38.5 Å². The molecule has 0 heterocycles. The van der Waals surface area contributed by atoms with Crippen molar-refractivity contribution in [3.63, 3.8) is 0 Å². The van der Waals surface area contributed by atoms with Crippen molar-refractivity contribution in [3.05, 3.63) is 68.6 Å². The Hall–Kier alpha value is -3.03. The first kappa shape index (κ1) is 31.5. The largest absolute Gasteiger partial charge is 0.493 e. The molecule has 3 N–H and O–H groups in total. The van der Waals surface area contributed by atoms with Gasteiger partial charge in [-0.25, -0.2) is 4.39 Å². The lowest BCUT2D eigenvalue weighted by atomic mass is 9.87. The Balaban J connectivity index is 2.06. The molecular weight excluding hydrogens is 634 g/mol. The van der Waals surface area contributed by atoms with E-state index >= 15 is 0 Å². The van der Waals surface area contributed by atoms with Crippen LogP contribution in [-0.4, -0.2) is 71.7 Å². The third kappa shape index (κ3) is 7.79. The van der Waals surface area contributed by atoms with Crippen molar-refractivity contribution in [1.29, 1.82) is 0 Å². The van der Waals surface area contributed by atoms with E-state index in [2.05, 4.69) is 5.32 Å². The fourth-order valence-corrected chi connectivity index (χ4v) is 5.26. The van der Waals surface area contributed by atoms with Crippen LogP contribution in [0, 0.1) is 15.3 Å². The van der Waals surface area contributed by atoms with E-state index in [1.165, 1.54) is 30.2 Å². The molecular formula is C29H34FIN2O7. The molecule has 3 atom stereocenters. The first-order valence-corrected chi connectivity index (χ1v) is 14.0. The molecule has 1 aliphatic rings. The summed E-state index contributed by atoms with van der Waals surface area (Å²) in [5.41, 5.74) is 0.875. The van der Waals surface area contributed by atoms with E-state index in [9.17, 15) is 29.0 Å². The first-order chi connectivity index (χ1) is 19.1. The number of aliphatic hydroxyl groups excluding tert-OH is 2. The molecule has 2 aromatic rings. The minimum Gasteiger partial charge on any atom is -0.493 e. The molecule has 0 aromatic heterocycles. The van der Waals surface area contributed by atoms with Crippen molar-refractivity contribution in [2.75, 3.05) is 20.3 Å². The van der Waals surface area contributed by atoms with Gasteiger partial charge in [-0.1, -0.05) is 32.0 Å². The standard InChI is InChI=1S/C29H34FIN2O7/c1-17(2)10-26(36)33(15-19-6-4-5-7-21(19)30)23-13-20(29(38)32-8-9-34)14-24(27(23)37)40-28-22(31)11-18(16-35)12-25(28)39-3/h4-7,11-12,14,16-17,23-24,27,34,37H,8-10,13,15H2,1-3H3,(H,32,38)/t23-,24+,27+/m1/s1. The Bertz CT molecular complexity index is 1250. The maximum atomic E-state index is 14.7. The van der Waals surface area contributed by atoms with Gasteiger partial charge in [-0.05, 0) is 52.8 Å². The maximum Gasteiger partial charge on any atom is 0.247 e. The van der Waals surface area contributed by atoms with Crippen LogP contribution in [0.5, 0.6) is 11.5 Å². The van der Waals surface area contributed by atoms with E-state index in [0.717, 1.165) is 0 Å². The van der Waals surface area contributed by atoms with Crippen molar-refractivity contribution in [2.45, 2.75) is 51.5 Å². The van der Waals surface area contributed by atoms with Crippen LogP contribution in [0.3, 0.4) is 0 Å². The second kappa shape index (κ2) is 14.6. The van der Waals surface area contributed by atoms with Crippen molar-refractivity contribution in [3.8, 4) is 11.5 Å². The molecule has 0 spiro atoms. The van der Waals surface area contributed by atoms with Crippen molar-refractivity contribution in [2.24, 2.45) is 5.92 Å². The number of aliphatic hydroxyl groups is 2. The second-order valence-electron chi connectivity index (χ2n) is 9.88. The number of hydrogen-bond donors (Lipinski definition) is 3. The van der Waals surface area contributed by atoms with Crippen LogP contribution in [0.15, 0.2) is 48.0 Å². The van der Waals surface area contributed by atoms with Gasteiger partial charge in [-0.3, -0.25) is 14.4 Å². The number of aldehydes is 1. The molecule has 0 bridgehead atoms. The molecule has 40 heavy (non-hydrogen) atoms. The molecule has 3 rings (SSSR count). The van der Waals surface area contributed by atoms with Gasteiger partial charge in [0, 0.05) is 42.6 Å². The lowest BCUT2D eigenvalue weighted by Crippen LogP contribution is -2.55. The third-order valence-corrected chi connectivity index (χ3v) is 7.26. The highest BCUT2D eigenvalue weighted by atomic mass is 127. The molecule has 0 radical (unpaired) electrons. The summed E-state index contributed by atoms with van der Waals surface area (Å²) in [6.45, 7) is 3.39. The third-order valence-electron chi connectivity index (χ3n) is 6.46. The average molecular weight is 669 g/mol. The minimum atomic E-state index is -1.30. The molecule has 0 aliphatic heterocycles. The highest BCUT2D eigenvalue weighted by molar-refractivity contribution is 14.1. The van der Waals surface area contributed by atoms with E-state index < -0.39 is 30.0 Å². The number of carbonyl (C=O) groups excluding carboxylic acids is 3. The number of carbonyl (C=O) groups is 3. The Labute approximate surface area is 246 Å². The normalized spacial score (nSPS) is 18.6. The molecule has 1 aliphatic carbocycles. The molecule has 0 fully saturated rings. The van der Waals surface area contributed by atoms with Crippen LogP contribution in [0.1, 0.15) is 42.6 Å². The number of methoxy groups -OCH3 is 1. The Kier molecular flexibility index (Phi) is 11.5. The smallest absolute Gasteiger partial charge is 0.247 e. The summed E-state index contributed by atoms with van der Waals surface area (Å²) < 4.78 is 26.8. The number of rotatable bonds is 12.